The molecule has 1 amide bonds. The Hall–Kier alpha value is -1.57. The Morgan fingerprint density at radius 3 is 2.77 bits per heavy atom. The Balaban J connectivity index is 1.94. The number of nitrogens with one attached hydrogen (secondary N) is 2. The summed E-state index contributed by atoms with van der Waals surface area (Å²) in [6.07, 6.45) is 7.62. The van der Waals surface area contributed by atoms with E-state index in [-0.39, 0.29) is 21.6 Å². The van der Waals surface area contributed by atoms with Crippen LogP contribution in [0.4, 0.5) is 0 Å². The molecule has 1 aliphatic carbocycles. The highest BCUT2D eigenvalue weighted by molar-refractivity contribution is 7.89. The first kappa shape index (κ1) is 20.7. The smallest absolute Gasteiger partial charge is 0.245 e. The molecule has 0 saturated carbocycles. The van der Waals surface area contributed by atoms with Crippen LogP contribution in [0, 0.1) is 0 Å². The second-order valence-electron chi connectivity index (χ2n) is 6.29. The third-order valence-corrected chi connectivity index (χ3v) is 6.07. The average Bonchev–Trinajstić information content (AvgIpc) is 2.62. The molecule has 0 aromatic heterocycles. The molecule has 1 aromatic rings. The number of ether oxygens (including phenoxy) is 1. The van der Waals surface area contributed by atoms with Gasteiger partial charge in [0.25, 0.3) is 0 Å². The minimum atomic E-state index is -3.95. The molecule has 0 heterocycles. The molecule has 0 saturated heterocycles. The summed E-state index contributed by atoms with van der Waals surface area (Å²) in [4.78, 5) is 12.1. The van der Waals surface area contributed by atoms with Gasteiger partial charge >= 0.3 is 0 Å². The van der Waals surface area contributed by atoms with E-state index in [0.29, 0.717) is 6.54 Å². The Kier molecular flexibility index (Phi) is 7.49. The Morgan fingerprint density at radius 2 is 2.12 bits per heavy atom. The summed E-state index contributed by atoms with van der Waals surface area (Å²) >= 11 is 5.89. The van der Waals surface area contributed by atoms with E-state index in [1.165, 1.54) is 50.6 Å². The normalized spacial score (nSPS) is 15.9. The Labute approximate surface area is 160 Å². The summed E-state index contributed by atoms with van der Waals surface area (Å²) in [5.41, 5.74) is 1.36. The van der Waals surface area contributed by atoms with Gasteiger partial charge < -0.3 is 10.1 Å². The predicted molar refractivity (Wildman–Crippen MR) is 102 cm³/mol. The van der Waals surface area contributed by atoms with Gasteiger partial charge in [0.2, 0.25) is 15.9 Å². The number of carbonyl (C=O) groups excluding carboxylic acids is 1. The van der Waals surface area contributed by atoms with Crippen LogP contribution >= 0.6 is 11.6 Å². The molecule has 6 nitrogen and oxygen atoms in total. The summed E-state index contributed by atoms with van der Waals surface area (Å²) in [5.74, 6) is -0.204. The molecule has 0 spiro atoms. The molecule has 0 bridgehead atoms. The monoisotopic (exact) mass is 400 g/mol. The molecule has 1 atom stereocenters. The number of rotatable bonds is 8. The van der Waals surface area contributed by atoms with Crippen LogP contribution in [0.15, 0.2) is 34.7 Å². The number of benzene rings is 1. The lowest BCUT2D eigenvalue weighted by Gasteiger charge is -2.17. The molecule has 0 unspecified atom stereocenters. The predicted octanol–water partition coefficient (Wildman–Crippen LogP) is 3.02. The van der Waals surface area contributed by atoms with E-state index in [9.17, 15) is 13.2 Å². The lowest BCUT2D eigenvalue weighted by atomic mass is 9.97. The first-order chi connectivity index (χ1) is 12.3. The summed E-state index contributed by atoms with van der Waals surface area (Å²) in [7, 11) is -2.57. The van der Waals surface area contributed by atoms with Crippen molar-refractivity contribution in [3.05, 3.63) is 34.9 Å². The fraction of sp³-hybridized carbons (Fsp3) is 0.500. The van der Waals surface area contributed by atoms with Gasteiger partial charge in [0.1, 0.15) is 10.6 Å². The van der Waals surface area contributed by atoms with Gasteiger partial charge in [-0.15, -0.1) is 0 Å². The first-order valence-electron chi connectivity index (χ1n) is 8.65. The molecular formula is C18H25ClN2O4S. The molecule has 1 aromatic carbocycles. The molecule has 26 heavy (non-hydrogen) atoms. The maximum absolute atomic E-state index is 12.6. The van der Waals surface area contributed by atoms with Crippen molar-refractivity contribution >= 4 is 27.5 Å². The number of carbonyl (C=O) groups is 1. The zero-order valence-electron chi connectivity index (χ0n) is 15.0. The van der Waals surface area contributed by atoms with Crippen LogP contribution in [0.5, 0.6) is 5.75 Å². The second-order valence-corrected chi connectivity index (χ2v) is 8.41. The van der Waals surface area contributed by atoms with Crippen molar-refractivity contribution in [2.24, 2.45) is 0 Å². The van der Waals surface area contributed by atoms with Crippen molar-refractivity contribution in [3.8, 4) is 5.75 Å². The van der Waals surface area contributed by atoms with Gasteiger partial charge in [0, 0.05) is 11.6 Å². The maximum Gasteiger partial charge on any atom is 0.245 e. The summed E-state index contributed by atoms with van der Waals surface area (Å²) in [6, 6.07) is 3.39. The van der Waals surface area contributed by atoms with Crippen LogP contribution < -0.4 is 14.8 Å². The van der Waals surface area contributed by atoms with Gasteiger partial charge in [-0.25, -0.2) is 8.42 Å². The molecule has 0 radical (unpaired) electrons. The summed E-state index contributed by atoms with van der Waals surface area (Å²) in [5, 5.41) is 3.05. The van der Waals surface area contributed by atoms with E-state index in [0.717, 1.165) is 19.3 Å². The molecule has 2 N–H and O–H groups in total. The van der Waals surface area contributed by atoms with Gasteiger partial charge in [-0.05, 0) is 57.2 Å². The number of hydrogen-bond acceptors (Lipinski definition) is 4. The maximum atomic E-state index is 12.6. The Bertz CT molecular complexity index is 777. The molecule has 144 valence electrons. The molecule has 1 aliphatic rings. The van der Waals surface area contributed by atoms with Crippen molar-refractivity contribution < 1.29 is 17.9 Å². The number of allylic oxidation sites excluding steroid dienone is 1. The third kappa shape index (κ3) is 5.72. The van der Waals surface area contributed by atoms with Crippen molar-refractivity contribution in [1.82, 2.24) is 10.0 Å². The first-order valence-corrected chi connectivity index (χ1v) is 10.5. The van der Waals surface area contributed by atoms with E-state index >= 15 is 0 Å². The van der Waals surface area contributed by atoms with Crippen LogP contribution in [-0.4, -0.2) is 34.0 Å². The van der Waals surface area contributed by atoms with Crippen molar-refractivity contribution in [2.45, 2.75) is 50.0 Å². The largest absolute Gasteiger partial charge is 0.495 e. The van der Waals surface area contributed by atoms with Crippen molar-refractivity contribution in [1.29, 1.82) is 0 Å². The number of sulfonamides is 1. The van der Waals surface area contributed by atoms with E-state index < -0.39 is 16.1 Å². The highest BCUT2D eigenvalue weighted by atomic mass is 35.5. The number of methoxy groups -OCH3 is 1. The summed E-state index contributed by atoms with van der Waals surface area (Å²) in [6.45, 7) is 2.00. The molecule has 0 aliphatic heterocycles. The molecular weight excluding hydrogens is 376 g/mol. The molecule has 0 fully saturated rings. The topological polar surface area (TPSA) is 84.5 Å². The quantitative estimate of drug-likeness (QED) is 0.657. The minimum Gasteiger partial charge on any atom is -0.495 e. The van der Waals surface area contributed by atoms with E-state index in [4.69, 9.17) is 16.3 Å². The second kappa shape index (κ2) is 9.39. The fourth-order valence-corrected chi connectivity index (χ4v) is 4.48. The average molecular weight is 401 g/mol. The highest BCUT2D eigenvalue weighted by Gasteiger charge is 2.25. The van der Waals surface area contributed by atoms with E-state index in [1.54, 1.807) is 0 Å². The van der Waals surface area contributed by atoms with Crippen LogP contribution in [-0.2, 0) is 14.8 Å². The van der Waals surface area contributed by atoms with Crippen molar-refractivity contribution in [3.63, 3.8) is 0 Å². The zero-order chi connectivity index (χ0) is 19.2. The van der Waals surface area contributed by atoms with Gasteiger partial charge in [-0.3, -0.25) is 4.79 Å². The van der Waals surface area contributed by atoms with Crippen molar-refractivity contribution in [2.75, 3.05) is 13.7 Å². The number of halogens is 1. The lowest BCUT2D eigenvalue weighted by molar-refractivity contribution is -0.122. The lowest BCUT2D eigenvalue weighted by Crippen LogP contribution is -2.45. The highest BCUT2D eigenvalue weighted by Crippen LogP contribution is 2.27. The van der Waals surface area contributed by atoms with Gasteiger partial charge in [-0.1, -0.05) is 23.3 Å². The van der Waals surface area contributed by atoms with Gasteiger partial charge in [0.15, 0.2) is 0 Å². The van der Waals surface area contributed by atoms with E-state index in [1.807, 2.05) is 0 Å². The Morgan fingerprint density at radius 1 is 1.35 bits per heavy atom. The third-order valence-electron chi connectivity index (χ3n) is 4.27. The minimum absolute atomic E-state index is 0.0977. The van der Waals surface area contributed by atoms with Gasteiger partial charge in [-0.2, -0.15) is 4.72 Å². The standard InChI is InChI=1S/C18H25ClN2O4S/c1-13(18(22)20-11-10-14-6-4-3-5-7-14)21-26(23,24)17-12-15(19)8-9-16(17)25-2/h6,8-9,12-13,21H,3-5,7,10-11H2,1-2H3,(H,20,22)/t13-/m0/s1. The fourth-order valence-electron chi connectivity index (χ4n) is 2.84. The molecule has 2 rings (SSSR count). The number of hydrogen-bond donors (Lipinski definition) is 2. The van der Waals surface area contributed by atoms with E-state index in [2.05, 4.69) is 16.1 Å². The van der Waals surface area contributed by atoms with Crippen LogP contribution in [0.25, 0.3) is 0 Å². The van der Waals surface area contributed by atoms with Crippen LogP contribution in [0.2, 0.25) is 5.02 Å². The van der Waals surface area contributed by atoms with Crippen LogP contribution in [0.1, 0.15) is 39.0 Å². The van der Waals surface area contributed by atoms with Gasteiger partial charge in [0.05, 0.1) is 13.2 Å². The summed E-state index contributed by atoms with van der Waals surface area (Å²) < 4.78 is 32.6. The van der Waals surface area contributed by atoms with Crippen LogP contribution in [0.3, 0.4) is 0 Å². The SMILES string of the molecule is COc1ccc(Cl)cc1S(=O)(=O)N[C@@H](C)C(=O)NCCC1=CCCCC1. The molecule has 8 heteroatoms. The zero-order valence-corrected chi connectivity index (χ0v) is 16.6. The number of amides is 1.